The molecule has 0 heterocycles. The zero-order chi connectivity index (χ0) is 14.0. The van der Waals surface area contributed by atoms with Gasteiger partial charge in [0.1, 0.15) is 5.41 Å². The van der Waals surface area contributed by atoms with Crippen LogP contribution in [-0.4, -0.2) is 25.0 Å². The van der Waals surface area contributed by atoms with Gasteiger partial charge in [-0.2, -0.15) is 5.26 Å². The van der Waals surface area contributed by atoms with Gasteiger partial charge in [-0.25, -0.2) is 0 Å². The lowest BCUT2D eigenvalue weighted by molar-refractivity contribution is -0.143. The Labute approximate surface area is 108 Å². The fourth-order valence-corrected chi connectivity index (χ4v) is 1.62. The predicted octanol–water partition coefficient (Wildman–Crippen LogP) is 1.78. The largest absolute Gasteiger partial charge is 0.466 e. The maximum atomic E-state index is 11.9. The molecule has 102 valence electrons. The molecule has 18 heavy (non-hydrogen) atoms. The molecule has 5 nitrogen and oxygen atoms in total. The fourth-order valence-electron chi connectivity index (χ4n) is 1.62. The Kier molecular flexibility index (Phi) is 7.77. The first-order valence-corrected chi connectivity index (χ1v) is 6.41. The number of nitriles is 1. The van der Waals surface area contributed by atoms with Gasteiger partial charge >= 0.3 is 5.97 Å². The van der Waals surface area contributed by atoms with Gasteiger partial charge in [0.15, 0.2) is 0 Å². The van der Waals surface area contributed by atoms with Crippen LogP contribution in [0.25, 0.3) is 0 Å². The van der Waals surface area contributed by atoms with E-state index in [1.807, 2.05) is 13.8 Å². The number of carbonyl (C=O) groups is 2. The van der Waals surface area contributed by atoms with E-state index in [1.165, 1.54) is 0 Å². The molecule has 0 saturated heterocycles. The first-order valence-electron chi connectivity index (χ1n) is 6.41. The third kappa shape index (κ3) is 4.74. The van der Waals surface area contributed by atoms with E-state index in [-0.39, 0.29) is 18.3 Å². The van der Waals surface area contributed by atoms with E-state index in [0.717, 1.165) is 0 Å². The van der Waals surface area contributed by atoms with Crippen molar-refractivity contribution < 1.29 is 14.3 Å². The second-order valence-corrected chi connectivity index (χ2v) is 4.07. The van der Waals surface area contributed by atoms with Crippen molar-refractivity contribution in [3.05, 3.63) is 0 Å². The van der Waals surface area contributed by atoms with Crippen molar-refractivity contribution in [2.24, 2.45) is 5.41 Å². The third-order valence-corrected chi connectivity index (χ3v) is 3.00. The molecule has 0 saturated carbocycles. The molecule has 0 aromatic carbocycles. The van der Waals surface area contributed by atoms with E-state index in [4.69, 9.17) is 10.00 Å². The Morgan fingerprint density at radius 2 is 1.89 bits per heavy atom. The highest BCUT2D eigenvalue weighted by atomic mass is 16.5. The van der Waals surface area contributed by atoms with Crippen molar-refractivity contribution in [3.63, 3.8) is 0 Å². The van der Waals surface area contributed by atoms with Crippen LogP contribution in [0.15, 0.2) is 0 Å². The Balaban J connectivity index is 4.04. The van der Waals surface area contributed by atoms with Gasteiger partial charge in [-0.15, -0.1) is 0 Å². The predicted molar refractivity (Wildman–Crippen MR) is 67.5 cm³/mol. The summed E-state index contributed by atoms with van der Waals surface area (Å²) in [6.07, 6.45) is 1.79. The van der Waals surface area contributed by atoms with Crippen molar-refractivity contribution in [2.45, 2.75) is 46.5 Å². The van der Waals surface area contributed by atoms with E-state index >= 15 is 0 Å². The molecule has 0 aliphatic rings. The third-order valence-electron chi connectivity index (χ3n) is 3.00. The summed E-state index contributed by atoms with van der Waals surface area (Å²) >= 11 is 0. The van der Waals surface area contributed by atoms with Crippen molar-refractivity contribution in [1.29, 1.82) is 5.26 Å². The number of esters is 1. The maximum Gasteiger partial charge on any atom is 0.305 e. The molecule has 0 bridgehead atoms. The van der Waals surface area contributed by atoms with Crippen LogP contribution in [0, 0.1) is 16.7 Å². The van der Waals surface area contributed by atoms with E-state index < -0.39 is 5.41 Å². The van der Waals surface area contributed by atoms with Gasteiger partial charge in [-0.1, -0.05) is 13.8 Å². The van der Waals surface area contributed by atoms with Crippen LogP contribution in [0.4, 0.5) is 0 Å². The average Bonchev–Trinajstić information content (AvgIpc) is 2.38. The standard InChI is InChI=1S/C13H22N2O3/c1-4-13(5-2,10-14)12(17)15-9-7-8-11(16)18-6-3/h4-9H2,1-3H3,(H,15,17). The number of ether oxygens (including phenoxy) is 1. The molecule has 0 aliphatic heterocycles. The van der Waals surface area contributed by atoms with E-state index in [2.05, 4.69) is 11.4 Å². The topological polar surface area (TPSA) is 79.2 Å². The van der Waals surface area contributed by atoms with Gasteiger partial charge in [0.25, 0.3) is 0 Å². The molecule has 0 aromatic heterocycles. The molecule has 0 radical (unpaired) electrons. The van der Waals surface area contributed by atoms with Gasteiger partial charge in [0.05, 0.1) is 12.7 Å². The van der Waals surface area contributed by atoms with Crippen molar-refractivity contribution in [1.82, 2.24) is 5.32 Å². The zero-order valence-corrected chi connectivity index (χ0v) is 11.4. The molecule has 0 aliphatic carbocycles. The second-order valence-electron chi connectivity index (χ2n) is 4.07. The minimum absolute atomic E-state index is 0.251. The van der Waals surface area contributed by atoms with Gasteiger partial charge in [0.2, 0.25) is 5.91 Å². The summed E-state index contributed by atoms with van der Waals surface area (Å²) < 4.78 is 4.78. The van der Waals surface area contributed by atoms with Gasteiger partial charge < -0.3 is 10.1 Å². The molecular weight excluding hydrogens is 232 g/mol. The minimum Gasteiger partial charge on any atom is -0.466 e. The van der Waals surface area contributed by atoms with Crippen LogP contribution in [0.2, 0.25) is 0 Å². The highest BCUT2D eigenvalue weighted by Gasteiger charge is 2.34. The highest BCUT2D eigenvalue weighted by molar-refractivity contribution is 5.85. The van der Waals surface area contributed by atoms with Gasteiger partial charge in [-0.3, -0.25) is 9.59 Å². The monoisotopic (exact) mass is 254 g/mol. The van der Waals surface area contributed by atoms with E-state index in [0.29, 0.717) is 32.4 Å². The number of nitrogens with one attached hydrogen (secondary N) is 1. The summed E-state index contributed by atoms with van der Waals surface area (Å²) in [7, 11) is 0. The summed E-state index contributed by atoms with van der Waals surface area (Å²) in [6.45, 7) is 6.16. The summed E-state index contributed by atoms with van der Waals surface area (Å²) in [5.74, 6) is -0.511. The molecular formula is C13H22N2O3. The number of nitrogens with zero attached hydrogens (tertiary/aromatic N) is 1. The SMILES string of the molecule is CCOC(=O)CCCNC(=O)C(C#N)(CC)CC. The summed E-state index contributed by atoms with van der Waals surface area (Å²) in [5.41, 5.74) is -0.941. The first-order chi connectivity index (χ1) is 8.56. The smallest absolute Gasteiger partial charge is 0.305 e. The van der Waals surface area contributed by atoms with Crippen molar-refractivity contribution in [2.75, 3.05) is 13.2 Å². The molecule has 5 heteroatoms. The number of rotatable bonds is 8. The molecule has 0 fully saturated rings. The summed E-state index contributed by atoms with van der Waals surface area (Å²) in [6, 6.07) is 2.08. The molecule has 0 spiro atoms. The lowest BCUT2D eigenvalue weighted by Crippen LogP contribution is -2.39. The number of carbonyl (C=O) groups excluding carboxylic acids is 2. The van der Waals surface area contributed by atoms with Crippen LogP contribution in [0.5, 0.6) is 0 Å². The Morgan fingerprint density at radius 1 is 1.28 bits per heavy atom. The quantitative estimate of drug-likeness (QED) is 0.529. The highest BCUT2D eigenvalue weighted by Crippen LogP contribution is 2.25. The maximum absolute atomic E-state index is 11.9. The second kappa shape index (κ2) is 8.51. The lowest BCUT2D eigenvalue weighted by Gasteiger charge is -2.21. The normalized spacial score (nSPS) is 10.6. The Bertz CT molecular complexity index is 317. The number of hydrogen-bond donors (Lipinski definition) is 1. The number of amides is 1. The Hall–Kier alpha value is -1.57. The zero-order valence-electron chi connectivity index (χ0n) is 11.4. The average molecular weight is 254 g/mol. The van der Waals surface area contributed by atoms with Crippen LogP contribution < -0.4 is 5.32 Å². The minimum atomic E-state index is -0.941. The van der Waals surface area contributed by atoms with E-state index in [9.17, 15) is 9.59 Å². The first kappa shape index (κ1) is 16.4. The van der Waals surface area contributed by atoms with Crippen molar-refractivity contribution >= 4 is 11.9 Å². The molecule has 0 aromatic rings. The molecule has 0 rings (SSSR count). The van der Waals surface area contributed by atoms with Gasteiger partial charge in [-0.05, 0) is 26.2 Å². The van der Waals surface area contributed by atoms with Crippen LogP contribution in [0.1, 0.15) is 46.5 Å². The molecule has 0 unspecified atom stereocenters. The summed E-state index contributed by atoms with van der Waals surface area (Å²) in [4.78, 5) is 22.9. The van der Waals surface area contributed by atoms with Gasteiger partial charge in [0, 0.05) is 13.0 Å². The molecule has 0 atom stereocenters. The molecule has 1 N–H and O–H groups in total. The Morgan fingerprint density at radius 3 is 2.33 bits per heavy atom. The van der Waals surface area contributed by atoms with Crippen molar-refractivity contribution in [3.8, 4) is 6.07 Å². The molecule has 1 amide bonds. The van der Waals surface area contributed by atoms with E-state index in [1.54, 1.807) is 6.92 Å². The van der Waals surface area contributed by atoms with Crippen LogP contribution in [0.3, 0.4) is 0 Å². The lowest BCUT2D eigenvalue weighted by atomic mass is 9.83. The fraction of sp³-hybridized carbons (Fsp3) is 0.769. The summed E-state index contributed by atoms with van der Waals surface area (Å²) in [5, 5.41) is 11.8. The van der Waals surface area contributed by atoms with Crippen LogP contribution >= 0.6 is 0 Å². The van der Waals surface area contributed by atoms with Crippen LogP contribution in [-0.2, 0) is 14.3 Å². The number of hydrogen-bond acceptors (Lipinski definition) is 4.